The maximum Gasteiger partial charge on any atom is 0.338 e. The van der Waals surface area contributed by atoms with Crippen LogP contribution >= 0.6 is 0 Å². The molecule has 0 radical (unpaired) electrons. The smallest absolute Gasteiger partial charge is 0.338 e. The Morgan fingerprint density at radius 3 is 2.58 bits per heavy atom. The number of esters is 1. The molecule has 2 atom stereocenters. The van der Waals surface area contributed by atoms with Gasteiger partial charge in [0.2, 0.25) is 0 Å². The van der Waals surface area contributed by atoms with E-state index in [0.717, 1.165) is 18.5 Å². The van der Waals surface area contributed by atoms with E-state index < -0.39 is 5.60 Å². The number of ether oxygens (including phenoxy) is 1. The van der Waals surface area contributed by atoms with E-state index in [1.165, 1.54) is 0 Å². The molecule has 1 aliphatic rings. The Morgan fingerprint density at radius 1 is 1.32 bits per heavy atom. The van der Waals surface area contributed by atoms with E-state index in [1.807, 2.05) is 45.0 Å². The minimum atomic E-state index is -0.453. The Hall–Kier alpha value is -1.35. The largest absolute Gasteiger partial charge is 0.456 e. The minimum absolute atomic E-state index is 0.220. The van der Waals surface area contributed by atoms with Gasteiger partial charge in [-0.05, 0) is 51.7 Å². The van der Waals surface area contributed by atoms with Gasteiger partial charge in [-0.2, -0.15) is 0 Å². The maximum absolute atomic E-state index is 12.3. The molecule has 1 heterocycles. The molecule has 0 saturated carbocycles. The molecule has 1 aliphatic heterocycles. The number of benzene rings is 1. The molecule has 1 aromatic carbocycles. The Bertz CT molecular complexity index is 462. The van der Waals surface area contributed by atoms with Crippen molar-refractivity contribution < 1.29 is 9.53 Å². The van der Waals surface area contributed by atoms with E-state index in [2.05, 4.69) is 12.2 Å². The molecule has 0 aliphatic carbocycles. The second kappa shape index (κ2) is 5.33. The fraction of sp³-hybridized carbons (Fsp3) is 0.562. The molecule has 1 fully saturated rings. The summed E-state index contributed by atoms with van der Waals surface area (Å²) in [6, 6.07) is 8.31. The van der Waals surface area contributed by atoms with E-state index in [4.69, 9.17) is 4.74 Å². The zero-order valence-electron chi connectivity index (χ0n) is 12.2. The molecule has 2 rings (SSSR count). The van der Waals surface area contributed by atoms with Crippen molar-refractivity contribution >= 4 is 5.97 Å². The van der Waals surface area contributed by atoms with Crippen LogP contribution in [0.3, 0.4) is 0 Å². The third kappa shape index (κ3) is 3.57. The Balaban J connectivity index is 2.23. The zero-order valence-corrected chi connectivity index (χ0v) is 12.2. The lowest BCUT2D eigenvalue weighted by atomic mass is 9.92. The molecule has 0 spiro atoms. The number of nitrogens with one attached hydrogen (secondary N) is 1. The third-order valence-corrected chi connectivity index (χ3v) is 3.37. The van der Waals surface area contributed by atoms with Crippen LogP contribution in [0.2, 0.25) is 0 Å². The summed E-state index contributed by atoms with van der Waals surface area (Å²) in [5, 5.41) is 3.43. The Morgan fingerprint density at radius 2 is 2.00 bits per heavy atom. The molecule has 104 valence electrons. The summed E-state index contributed by atoms with van der Waals surface area (Å²) in [6.45, 7) is 8.79. The van der Waals surface area contributed by atoms with Crippen LogP contribution in [0.1, 0.15) is 56.0 Å². The predicted octanol–water partition coefficient (Wildman–Crippen LogP) is 3.11. The van der Waals surface area contributed by atoms with Crippen molar-refractivity contribution in [2.45, 2.75) is 51.7 Å². The predicted molar refractivity (Wildman–Crippen MR) is 76.4 cm³/mol. The van der Waals surface area contributed by atoms with Crippen molar-refractivity contribution in [3.63, 3.8) is 0 Å². The van der Waals surface area contributed by atoms with Gasteiger partial charge >= 0.3 is 5.97 Å². The first-order chi connectivity index (χ1) is 8.87. The van der Waals surface area contributed by atoms with Crippen LogP contribution in [0.4, 0.5) is 0 Å². The molecule has 1 aromatic rings. The van der Waals surface area contributed by atoms with Gasteiger partial charge < -0.3 is 10.1 Å². The van der Waals surface area contributed by atoms with Gasteiger partial charge in [0.15, 0.2) is 0 Å². The van der Waals surface area contributed by atoms with Gasteiger partial charge in [-0.3, -0.25) is 0 Å². The van der Waals surface area contributed by atoms with Crippen molar-refractivity contribution in [2.24, 2.45) is 0 Å². The van der Waals surface area contributed by atoms with Crippen molar-refractivity contribution in [3.8, 4) is 0 Å². The highest BCUT2D eigenvalue weighted by molar-refractivity contribution is 5.91. The van der Waals surface area contributed by atoms with E-state index in [-0.39, 0.29) is 5.97 Å². The molecule has 0 unspecified atom stereocenters. The Kier molecular flexibility index (Phi) is 3.95. The van der Waals surface area contributed by atoms with Gasteiger partial charge in [-0.1, -0.05) is 18.2 Å². The van der Waals surface area contributed by atoms with Gasteiger partial charge in [0, 0.05) is 12.6 Å². The first-order valence-corrected chi connectivity index (χ1v) is 6.92. The summed E-state index contributed by atoms with van der Waals surface area (Å²) in [5.41, 5.74) is 1.36. The first kappa shape index (κ1) is 14.1. The molecule has 0 aromatic heterocycles. The lowest BCUT2D eigenvalue weighted by molar-refractivity contribution is 0.00679. The van der Waals surface area contributed by atoms with Crippen LogP contribution in [0, 0.1) is 0 Å². The minimum Gasteiger partial charge on any atom is -0.456 e. The lowest BCUT2D eigenvalue weighted by Gasteiger charge is -2.21. The van der Waals surface area contributed by atoms with Gasteiger partial charge in [0.1, 0.15) is 5.60 Å². The summed E-state index contributed by atoms with van der Waals surface area (Å²) in [6.07, 6.45) is 1.07. The lowest BCUT2D eigenvalue weighted by Crippen LogP contribution is -2.25. The average Bonchev–Trinajstić information content (AvgIpc) is 2.73. The molecule has 19 heavy (non-hydrogen) atoms. The highest BCUT2D eigenvalue weighted by Gasteiger charge is 2.27. The van der Waals surface area contributed by atoms with Gasteiger partial charge in [0.25, 0.3) is 0 Å². The number of carbonyl (C=O) groups excluding carboxylic acids is 1. The van der Waals surface area contributed by atoms with Crippen LogP contribution in [-0.2, 0) is 4.74 Å². The second-order valence-electron chi connectivity index (χ2n) is 6.33. The maximum atomic E-state index is 12.3. The molecule has 1 saturated heterocycles. The summed E-state index contributed by atoms with van der Waals surface area (Å²) in [7, 11) is 0. The van der Waals surface area contributed by atoms with Crippen LogP contribution in [-0.4, -0.2) is 24.2 Å². The highest BCUT2D eigenvalue weighted by atomic mass is 16.6. The molecule has 3 nitrogen and oxygen atoms in total. The van der Waals surface area contributed by atoms with Gasteiger partial charge in [0.05, 0.1) is 5.56 Å². The SMILES string of the molecule is C[C@H]1C[C@@H](c2ccccc2C(=O)OC(C)(C)C)CN1. The molecular formula is C16H23NO2. The topological polar surface area (TPSA) is 38.3 Å². The van der Waals surface area contributed by atoms with Crippen molar-refractivity contribution in [3.05, 3.63) is 35.4 Å². The van der Waals surface area contributed by atoms with Crippen molar-refractivity contribution in [1.82, 2.24) is 5.32 Å². The normalized spacial score (nSPS) is 23.4. The van der Waals surface area contributed by atoms with Crippen molar-refractivity contribution in [1.29, 1.82) is 0 Å². The van der Waals surface area contributed by atoms with E-state index >= 15 is 0 Å². The average molecular weight is 261 g/mol. The summed E-state index contributed by atoms with van der Waals surface area (Å²) in [5.74, 6) is 0.182. The zero-order chi connectivity index (χ0) is 14.0. The van der Waals surface area contributed by atoms with Crippen LogP contribution < -0.4 is 5.32 Å². The van der Waals surface area contributed by atoms with Crippen LogP contribution in [0.25, 0.3) is 0 Å². The van der Waals surface area contributed by atoms with Crippen LogP contribution in [0.5, 0.6) is 0 Å². The standard InChI is InChI=1S/C16H23NO2/c1-11-9-12(10-17-11)13-7-5-6-8-14(13)15(18)19-16(2,3)4/h5-8,11-12,17H,9-10H2,1-4H3/t11-,12+/m0/s1. The quantitative estimate of drug-likeness (QED) is 0.831. The fourth-order valence-corrected chi connectivity index (χ4v) is 2.55. The second-order valence-corrected chi connectivity index (χ2v) is 6.33. The van der Waals surface area contributed by atoms with Gasteiger partial charge in [-0.25, -0.2) is 4.79 Å². The first-order valence-electron chi connectivity index (χ1n) is 6.92. The van der Waals surface area contributed by atoms with E-state index in [0.29, 0.717) is 17.5 Å². The van der Waals surface area contributed by atoms with E-state index in [1.54, 1.807) is 0 Å². The number of rotatable bonds is 2. The number of hydrogen-bond donors (Lipinski definition) is 1. The van der Waals surface area contributed by atoms with Crippen LogP contribution in [0.15, 0.2) is 24.3 Å². The fourth-order valence-electron chi connectivity index (χ4n) is 2.55. The number of hydrogen-bond acceptors (Lipinski definition) is 3. The summed E-state index contributed by atoms with van der Waals surface area (Å²) < 4.78 is 5.49. The van der Waals surface area contributed by atoms with Crippen molar-refractivity contribution in [2.75, 3.05) is 6.54 Å². The molecule has 0 amide bonds. The summed E-state index contributed by atoms with van der Waals surface area (Å²) in [4.78, 5) is 12.3. The molecule has 0 bridgehead atoms. The molecule has 3 heteroatoms. The van der Waals surface area contributed by atoms with E-state index in [9.17, 15) is 4.79 Å². The van der Waals surface area contributed by atoms with Gasteiger partial charge in [-0.15, -0.1) is 0 Å². The third-order valence-electron chi connectivity index (χ3n) is 3.37. The monoisotopic (exact) mass is 261 g/mol. The Labute approximate surface area is 115 Å². The summed E-state index contributed by atoms with van der Waals surface area (Å²) >= 11 is 0. The highest BCUT2D eigenvalue weighted by Crippen LogP contribution is 2.29. The molecular weight excluding hydrogens is 238 g/mol. The molecule has 1 N–H and O–H groups in total. The number of carbonyl (C=O) groups is 1.